The summed E-state index contributed by atoms with van der Waals surface area (Å²) < 4.78 is 74.6. The first-order chi connectivity index (χ1) is 21.1. The maximum Gasteiger partial charge on any atom is 1.00 e. The quantitative estimate of drug-likeness (QED) is 0.0673. The van der Waals surface area contributed by atoms with Gasteiger partial charge < -0.3 is 22.8 Å². The van der Waals surface area contributed by atoms with Crippen LogP contribution < -0.4 is 72.8 Å². The van der Waals surface area contributed by atoms with Gasteiger partial charge in [0.2, 0.25) is 0 Å². The van der Waals surface area contributed by atoms with Crippen molar-refractivity contribution in [3.8, 4) is 17.2 Å². The van der Waals surface area contributed by atoms with E-state index in [2.05, 4.69) is 20.5 Å². The predicted molar refractivity (Wildman–Crippen MR) is 163 cm³/mol. The third-order valence-electron chi connectivity index (χ3n) is 5.72. The first-order valence-electron chi connectivity index (χ1n) is 13.1. The topological polar surface area (TPSA) is 174 Å². The zero-order valence-electron chi connectivity index (χ0n) is 25.5. The van der Waals surface area contributed by atoms with Gasteiger partial charge in [-0.25, -0.2) is 12.6 Å². The summed E-state index contributed by atoms with van der Waals surface area (Å²) in [5, 5.41) is 16.4. The number of rotatable bonds is 13. The summed E-state index contributed by atoms with van der Waals surface area (Å²) in [5.74, 6) is 1.26. The van der Waals surface area contributed by atoms with Crippen LogP contribution in [0.2, 0.25) is 0 Å². The summed E-state index contributed by atoms with van der Waals surface area (Å²) in [5.41, 5.74) is 1.78. The van der Waals surface area contributed by atoms with E-state index in [0.29, 0.717) is 41.8 Å². The number of benzene rings is 4. The Bertz CT molecular complexity index is 1820. The van der Waals surface area contributed by atoms with E-state index in [1.165, 1.54) is 36.4 Å². The molecule has 0 aliphatic rings. The summed E-state index contributed by atoms with van der Waals surface area (Å²) in [7, 11) is -4.92. The Balaban J connectivity index is 0.00000368. The monoisotopic (exact) mass is 680 g/mol. The van der Waals surface area contributed by atoms with Crippen LogP contribution in [0.5, 0.6) is 17.2 Å². The Kier molecular flexibility index (Phi) is 16.4. The Labute approximate surface area is 313 Å². The van der Waals surface area contributed by atoms with Crippen molar-refractivity contribution in [1.82, 2.24) is 0 Å². The normalized spacial score (nSPS) is 12.1. The average molecular weight is 681 g/mol. The van der Waals surface area contributed by atoms with Crippen molar-refractivity contribution < 1.29 is 94.5 Å². The van der Waals surface area contributed by atoms with Crippen LogP contribution >= 0.6 is 0 Å². The molecule has 46 heavy (non-hydrogen) atoms. The summed E-state index contributed by atoms with van der Waals surface area (Å²) >= 11 is -2.92. The number of hydrogen-bond acceptors (Lipinski definition) is 12. The molecule has 0 heterocycles. The number of azo groups is 2. The van der Waals surface area contributed by atoms with E-state index in [1.807, 2.05) is 13.8 Å². The van der Waals surface area contributed by atoms with Gasteiger partial charge in [-0.1, -0.05) is 18.2 Å². The first-order valence-corrected chi connectivity index (χ1v) is 15.5. The van der Waals surface area contributed by atoms with Gasteiger partial charge in [0.05, 0.1) is 40.9 Å². The van der Waals surface area contributed by atoms with Gasteiger partial charge in [-0.2, -0.15) is 20.5 Å². The van der Waals surface area contributed by atoms with Gasteiger partial charge in [0.15, 0.2) is 0 Å². The molecule has 0 N–H and O–H groups in total. The zero-order valence-corrected chi connectivity index (χ0v) is 31.2. The van der Waals surface area contributed by atoms with Crippen LogP contribution in [-0.2, 0) is 21.5 Å². The van der Waals surface area contributed by atoms with E-state index in [9.17, 15) is 21.7 Å². The molecule has 0 bridgehead atoms. The Morgan fingerprint density at radius 2 is 1.09 bits per heavy atom. The second-order valence-electron chi connectivity index (χ2n) is 8.77. The van der Waals surface area contributed by atoms with Crippen LogP contribution in [0.15, 0.2) is 110 Å². The molecule has 1 atom stereocenters. The molecule has 16 heteroatoms. The van der Waals surface area contributed by atoms with Gasteiger partial charge in [0.1, 0.15) is 38.7 Å². The van der Waals surface area contributed by atoms with Gasteiger partial charge in [0, 0.05) is 11.6 Å². The Morgan fingerprint density at radius 1 is 0.674 bits per heavy atom. The van der Waals surface area contributed by atoms with Crippen molar-refractivity contribution in [1.29, 1.82) is 0 Å². The summed E-state index contributed by atoms with van der Waals surface area (Å²) in [4.78, 5) is -0.535. The molecular formula is C30H26N4Na2O8S2. The summed E-state index contributed by atoms with van der Waals surface area (Å²) in [6.45, 7) is 4.79. The first kappa shape index (κ1) is 39.4. The molecule has 4 aromatic rings. The van der Waals surface area contributed by atoms with Crippen LogP contribution in [0.4, 0.5) is 22.7 Å². The van der Waals surface area contributed by atoms with Crippen molar-refractivity contribution in [3.05, 3.63) is 96.1 Å². The Morgan fingerprint density at radius 3 is 1.54 bits per heavy atom. The van der Waals surface area contributed by atoms with Gasteiger partial charge >= 0.3 is 59.1 Å². The van der Waals surface area contributed by atoms with Crippen molar-refractivity contribution in [2.24, 2.45) is 20.5 Å². The van der Waals surface area contributed by atoms with E-state index in [1.54, 1.807) is 54.6 Å². The molecule has 0 saturated heterocycles. The molecule has 4 rings (SSSR count). The third-order valence-corrected chi connectivity index (χ3v) is 6.93. The van der Waals surface area contributed by atoms with Crippen molar-refractivity contribution in [2.75, 3.05) is 13.2 Å². The number of hydrogen-bond donors (Lipinski definition) is 0. The second kappa shape index (κ2) is 19.2. The fourth-order valence-corrected chi connectivity index (χ4v) is 4.75. The SMILES string of the molecule is CCOc1ccc(N=Nc2ccc(C=Cc3ccc(N=Nc4ccc(OCC)cc4)cc3S(=O)(=O)[O-])c(OS(=O)[O-])c2)cc1.[Na+].[Na+]. The number of ether oxygens (including phenoxy) is 2. The molecule has 1 unspecified atom stereocenters. The minimum atomic E-state index is -4.92. The van der Waals surface area contributed by atoms with Gasteiger partial charge in [-0.05, 0) is 92.2 Å². The minimum Gasteiger partial charge on any atom is -0.744 e. The molecule has 0 aliphatic carbocycles. The summed E-state index contributed by atoms with van der Waals surface area (Å²) in [6.07, 6.45) is 2.75. The molecular weight excluding hydrogens is 654 g/mol. The molecule has 0 aliphatic heterocycles. The van der Waals surface area contributed by atoms with Gasteiger partial charge in [-0.15, -0.1) is 0 Å². The Hall–Kier alpha value is -2.76. The van der Waals surface area contributed by atoms with Crippen molar-refractivity contribution in [3.63, 3.8) is 0 Å². The molecule has 228 valence electrons. The van der Waals surface area contributed by atoms with Crippen molar-refractivity contribution >= 4 is 56.4 Å². The minimum absolute atomic E-state index is 0. The van der Waals surface area contributed by atoms with E-state index < -0.39 is 26.4 Å². The van der Waals surface area contributed by atoms with Crippen LogP contribution in [0.3, 0.4) is 0 Å². The maximum absolute atomic E-state index is 12.1. The van der Waals surface area contributed by atoms with E-state index in [4.69, 9.17) is 13.7 Å². The second-order valence-corrected chi connectivity index (χ2v) is 10.7. The molecule has 12 nitrogen and oxygen atoms in total. The average Bonchev–Trinajstić information content (AvgIpc) is 3.00. The molecule has 4 aromatic carbocycles. The fourth-order valence-electron chi connectivity index (χ4n) is 3.77. The molecule has 0 spiro atoms. The maximum atomic E-state index is 12.1. The molecule has 0 aromatic heterocycles. The van der Waals surface area contributed by atoms with Crippen LogP contribution in [0, 0.1) is 0 Å². The molecule has 0 saturated carbocycles. The van der Waals surface area contributed by atoms with Crippen LogP contribution in [0.25, 0.3) is 12.2 Å². The molecule has 0 radical (unpaired) electrons. The van der Waals surface area contributed by atoms with E-state index in [0.717, 1.165) is 6.07 Å². The summed E-state index contributed by atoms with van der Waals surface area (Å²) in [6, 6.07) is 22.1. The fraction of sp³-hybridized carbons (Fsp3) is 0.133. The van der Waals surface area contributed by atoms with E-state index >= 15 is 0 Å². The number of nitrogens with zero attached hydrogens (tertiary/aromatic N) is 4. The van der Waals surface area contributed by atoms with E-state index in [-0.39, 0.29) is 81.7 Å². The van der Waals surface area contributed by atoms with Crippen LogP contribution in [0.1, 0.15) is 25.0 Å². The van der Waals surface area contributed by atoms with Crippen LogP contribution in [-0.4, -0.2) is 34.9 Å². The van der Waals surface area contributed by atoms with Crippen molar-refractivity contribution in [2.45, 2.75) is 18.7 Å². The zero-order chi connectivity index (χ0) is 31.5. The van der Waals surface area contributed by atoms with Gasteiger partial charge in [-0.3, -0.25) is 0 Å². The molecule has 0 amide bonds. The van der Waals surface area contributed by atoms with Gasteiger partial charge in [0.25, 0.3) is 0 Å². The third kappa shape index (κ3) is 12.1. The smallest absolute Gasteiger partial charge is 0.744 e. The molecule has 0 fully saturated rings. The largest absolute Gasteiger partial charge is 1.00 e. The predicted octanol–water partition coefficient (Wildman–Crippen LogP) is 1.57. The standard InChI is InChI=1S/C30H28N4O8S2.2Na/c1-3-40-27-15-11-23(12-16-27)31-33-25-9-7-21(29(19-25)42-43(35)36)5-6-22-8-10-26(20-30(22)44(37,38)39)34-32-24-13-17-28(18-14-24)41-4-2;;/h5-20H,3-4H2,1-2H3,(H,35,36)(H,37,38,39);;/q;2*+1/p-2.